The van der Waals surface area contributed by atoms with Crippen LogP contribution < -0.4 is 4.72 Å². The Kier molecular flexibility index (Phi) is 5.16. The van der Waals surface area contributed by atoms with E-state index >= 15 is 0 Å². The zero-order chi connectivity index (χ0) is 15.5. The van der Waals surface area contributed by atoms with Gasteiger partial charge in [0.05, 0.1) is 11.5 Å². The molecule has 0 spiro atoms. The summed E-state index contributed by atoms with van der Waals surface area (Å²) in [4.78, 5) is 1.40. The standard InChI is InChI=1S/C15H19NO3S2/c1-11-8-13(10-17)9-15(12(11)2)21(18,19)16-6-5-14-4-3-7-20-14/h3-4,7-9,16-17H,5-6,10H2,1-2H3. The van der Waals surface area contributed by atoms with E-state index in [1.165, 1.54) is 6.07 Å². The normalized spacial score (nSPS) is 11.8. The third-order valence-corrected chi connectivity index (χ3v) is 5.92. The van der Waals surface area contributed by atoms with Crippen LogP contribution in [-0.4, -0.2) is 20.1 Å². The van der Waals surface area contributed by atoms with Gasteiger partial charge in [-0.1, -0.05) is 12.1 Å². The average Bonchev–Trinajstić information content (AvgIpc) is 2.94. The number of aliphatic hydroxyl groups excluding tert-OH is 1. The summed E-state index contributed by atoms with van der Waals surface area (Å²) in [5.41, 5.74) is 2.19. The summed E-state index contributed by atoms with van der Waals surface area (Å²) < 4.78 is 27.5. The lowest BCUT2D eigenvalue weighted by Crippen LogP contribution is -2.26. The predicted octanol–water partition coefficient (Wildman–Crippen LogP) is 2.38. The van der Waals surface area contributed by atoms with Crippen molar-refractivity contribution in [3.05, 3.63) is 51.2 Å². The molecule has 4 nitrogen and oxygen atoms in total. The van der Waals surface area contributed by atoms with Crippen molar-refractivity contribution in [2.45, 2.75) is 31.8 Å². The van der Waals surface area contributed by atoms with Gasteiger partial charge in [0.25, 0.3) is 0 Å². The molecule has 0 fully saturated rings. The molecule has 6 heteroatoms. The van der Waals surface area contributed by atoms with Crippen LogP contribution >= 0.6 is 11.3 Å². The fourth-order valence-electron chi connectivity index (χ4n) is 2.11. The molecule has 0 atom stereocenters. The van der Waals surface area contributed by atoms with E-state index in [4.69, 9.17) is 0 Å². The first-order valence-electron chi connectivity index (χ1n) is 6.67. The molecule has 114 valence electrons. The zero-order valence-electron chi connectivity index (χ0n) is 12.1. The lowest BCUT2D eigenvalue weighted by atomic mass is 10.1. The molecular weight excluding hydrogens is 306 g/mol. The highest BCUT2D eigenvalue weighted by Gasteiger charge is 2.18. The fourth-order valence-corrected chi connectivity index (χ4v) is 4.22. The molecule has 0 bridgehead atoms. The molecule has 1 heterocycles. The third-order valence-electron chi connectivity index (χ3n) is 3.40. The predicted molar refractivity (Wildman–Crippen MR) is 85.1 cm³/mol. The van der Waals surface area contributed by atoms with Gasteiger partial charge in [-0.2, -0.15) is 0 Å². The molecule has 2 N–H and O–H groups in total. The van der Waals surface area contributed by atoms with Crippen LogP contribution in [0.3, 0.4) is 0 Å². The van der Waals surface area contributed by atoms with E-state index in [9.17, 15) is 13.5 Å². The lowest BCUT2D eigenvalue weighted by molar-refractivity contribution is 0.281. The van der Waals surface area contributed by atoms with Crippen LogP contribution in [0.15, 0.2) is 34.5 Å². The van der Waals surface area contributed by atoms with Gasteiger partial charge in [-0.05, 0) is 54.5 Å². The largest absolute Gasteiger partial charge is 0.392 e. The number of aryl methyl sites for hydroxylation is 1. The number of aliphatic hydroxyl groups is 1. The molecule has 0 amide bonds. The zero-order valence-corrected chi connectivity index (χ0v) is 13.7. The third kappa shape index (κ3) is 3.91. The van der Waals surface area contributed by atoms with Crippen molar-refractivity contribution in [3.63, 3.8) is 0 Å². The highest BCUT2D eigenvalue weighted by molar-refractivity contribution is 7.89. The second-order valence-corrected chi connectivity index (χ2v) is 7.69. The van der Waals surface area contributed by atoms with Crippen molar-refractivity contribution >= 4 is 21.4 Å². The van der Waals surface area contributed by atoms with E-state index in [0.29, 0.717) is 18.5 Å². The van der Waals surface area contributed by atoms with Crippen LogP contribution in [0.2, 0.25) is 0 Å². The SMILES string of the molecule is Cc1cc(CO)cc(S(=O)(=O)NCCc2cccs2)c1C. The number of rotatable bonds is 6. The summed E-state index contributed by atoms with van der Waals surface area (Å²) in [6, 6.07) is 7.28. The van der Waals surface area contributed by atoms with Crippen LogP contribution in [0, 0.1) is 13.8 Å². The number of benzene rings is 1. The van der Waals surface area contributed by atoms with Crippen LogP contribution in [-0.2, 0) is 23.1 Å². The Morgan fingerprint density at radius 2 is 2.05 bits per heavy atom. The highest BCUT2D eigenvalue weighted by Crippen LogP contribution is 2.21. The maximum absolute atomic E-state index is 12.4. The topological polar surface area (TPSA) is 66.4 Å². The van der Waals surface area contributed by atoms with Crippen molar-refractivity contribution in [2.24, 2.45) is 0 Å². The summed E-state index contributed by atoms with van der Waals surface area (Å²) in [6.45, 7) is 3.83. The molecule has 0 aliphatic carbocycles. The van der Waals surface area contributed by atoms with E-state index in [-0.39, 0.29) is 11.5 Å². The minimum atomic E-state index is -3.56. The monoisotopic (exact) mass is 325 g/mol. The molecular formula is C15H19NO3S2. The molecule has 1 aromatic heterocycles. The summed E-state index contributed by atoms with van der Waals surface area (Å²) in [6.07, 6.45) is 0.675. The molecule has 0 aliphatic heterocycles. The lowest BCUT2D eigenvalue weighted by Gasteiger charge is -2.12. The molecule has 2 rings (SSSR count). The quantitative estimate of drug-likeness (QED) is 0.857. The molecule has 0 saturated carbocycles. The van der Waals surface area contributed by atoms with Gasteiger partial charge in [0, 0.05) is 11.4 Å². The van der Waals surface area contributed by atoms with E-state index in [1.54, 1.807) is 24.3 Å². The first-order valence-corrected chi connectivity index (χ1v) is 9.03. The second-order valence-electron chi connectivity index (χ2n) is 4.92. The first-order chi connectivity index (χ1) is 9.94. The van der Waals surface area contributed by atoms with Gasteiger partial charge in [0.2, 0.25) is 10.0 Å². The highest BCUT2D eigenvalue weighted by atomic mass is 32.2. The summed E-state index contributed by atoms with van der Waals surface area (Å²) in [7, 11) is -3.56. The number of sulfonamides is 1. The van der Waals surface area contributed by atoms with Crippen LogP contribution in [0.25, 0.3) is 0 Å². The van der Waals surface area contributed by atoms with Crippen LogP contribution in [0.1, 0.15) is 21.6 Å². The van der Waals surface area contributed by atoms with Gasteiger partial charge in [-0.15, -0.1) is 11.3 Å². The summed E-state index contributed by atoms with van der Waals surface area (Å²) in [5.74, 6) is 0. The molecule has 0 unspecified atom stereocenters. The Morgan fingerprint density at radius 1 is 1.29 bits per heavy atom. The van der Waals surface area contributed by atoms with Gasteiger partial charge in [0.1, 0.15) is 0 Å². The Hall–Kier alpha value is -1.21. The van der Waals surface area contributed by atoms with E-state index in [2.05, 4.69) is 4.72 Å². The van der Waals surface area contributed by atoms with Gasteiger partial charge in [0.15, 0.2) is 0 Å². The molecule has 0 radical (unpaired) electrons. The number of hydrogen-bond donors (Lipinski definition) is 2. The van der Waals surface area contributed by atoms with E-state index in [1.807, 2.05) is 24.4 Å². The van der Waals surface area contributed by atoms with Crippen molar-refractivity contribution in [1.29, 1.82) is 0 Å². The minimum Gasteiger partial charge on any atom is -0.392 e. The first kappa shape index (κ1) is 16.2. The summed E-state index contributed by atoms with van der Waals surface area (Å²) >= 11 is 1.61. The molecule has 0 aliphatic rings. The Morgan fingerprint density at radius 3 is 2.67 bits per heavy atom. The molecule has 1 aromatic carbocycles. The van der Waals surface area contributed by atoms with E-state index in [0.717, 1.165) is 16.0 Å². The second kappa shape index (κ2) is 6.70. The van der Waals surface area contributed by atoms with Gasteiger partial charge < -0.3 is 5.11 Å². The summed E-state index contributed by atoms with van der Waals surface area (Å²) in [5, 5.41) is 11.2. The molecule has 0 saturated heterocycles. The Balaban J connectivity index is 2.17. The van der Waals surface area contributed by atoms with Crippen LogP contribution in [0.5, 0.6) is 0 Å². The van der Waals surface area contributed by atoms with Gasteiger partial charge in [-0.25, -0.2) is 13.1 Å². The minimum absolute atomic E-state index is 0.168. The fraction of sp³-hybridized carbons (Fsp3) is 0.333. The maximum atomic E-state index is 12.4. The van der Waals surface area contributed by atoms with Crippen LogP contribution in [0.4, 0.5) is 0 Å². The van der Waals surface area contributed by atoms with E-state index < -0.39 is 10.0 Å². The Labute approximate surface area is 129 Å². The molecule has 21 heavy (non-hydrogen) atoms. The maximum Gasteiger partial charge on any atom is 0.240 e. The van der Waals surface area contributed by atoms with Gasteiger partial charge >= 0.3 is 0 Å². The Bertz CT molecular complexity index is 707. The van der Waals surface area contributed by atoms with Crippen molar-refractivity contribution in [1.82, 2.24) is 4.72 Å². The number of thiophene rings is 1. The average molecular weight is 325 g/mol. The van der Waals surface area contributed by atoms with Crippen molar-refractivity contribution in [3.8, 4) is 0 Å². The van der Waals surface area contributed by atoms with Crippen molar-refractivity contribution < 1.29 is 13.5 Å². The number of nitrogens with one attached hydrogen (secondary N) is 1. The van der Waals surface area contributed by atoms with Crippen molar-refractivity contribution in [2.75, 3.05) is 6.54 Å². The number of hydrogen-bond acceptors (Lipinski definition) is 4. The molecule has 2 aromatic rings. The smallest absolute Gasteiger partial charge is 0.240 e. The van der Waals surface area contributed by atoms with Gasteiger partial charge in [-0.3, -0.25) is 0 Å².